The van der Waals surface area contributed by atoms with E-state index in [1.165, 1.54) is 17.4 Å². The fourth-order valence-electron chi connectivity index (χ4n) is 3.33. The second-order valence-corrected chi connectivity index (χ2v) is 7.69. The average Bonchev–Trinajstić information content (AvgIpc) is 3.41. The fourth-order valence-corrected chi connectivity index (χ4v) is 4.44. The summed E-state index contributed by atoms with van der Waals surface area (Å²) in [6, 6.07) is 10.3. The summed E-state index contributed by atoms with van der Waals surface area (Å²) in [5.74, 6) is 0.398. The highest BCUT2D eigenvalue weighted by molar-refractivity contribution is 7.17. The Morgan fingerprint density at radius 1 is 1.13 bits per heavy atom. The van der Waals surface area contributed by atoms with E-state index in [0.717, 1.165) is 22.6 Å². The minimum atomic E-state index is -0.328. The number of aromatic nitrogens is 4. The number of carbonyl (C=O) groups excluding carboxylic acids is 1. The lowest BCUT2D eigenvalue weighted by Crippen LogP contribution is -2.12. The van der Waals surface area contributed by atoms with Gasteiger partial charge in [-0.2, -0.15) is 0 Å². The molecule has 0 aliphatic heterocycles. The van der Waals surface area contributed by atoms with Crippen molar-refractivity contribution in [2.75, 3.05) is 0 Å². The molecule has 5 nitrogen and oxygen atoms in total. The van der Waals surface area contributed by atoms with Gasteiger partial charge in [0.1, 0.15) is 23.0 Å². The molecule has 3 aromatic heterocycles. The van der Waals surface area contributed by atoms with Crippen LogP contribution in [-0.2, 0) is 6.42 Å². The molecule has 0 N–H and O–H groups in total. The fraction of sp³-hybridized carbons (Fsp3) is 0.0909. The maximum atomic E-state index is 14.1. The van der Waals surface area contributed by atoms with Crippen LogP contribution in [0.2, 0.25) is 0 Å². The van der Waals surface area contributed by atoms with Crippen molar-refractivity contribution in [2.45, 2.75) is 12.8 Å². The van der Waals surface area contributed by atoms with E-state index in [0.29, 0.717) is 28.3 Å². The van der Waals surface area contributed by atoms with Gasteiger partial charge in [0.15, 0.2) is 0 Å². The number of rotatable bonds is 3. The Hall–Kier alpha value is -3.16. The van der Waals surface area contributed by atoms with Crippen LogP contribution in [0.5, 0.6) is 0 Å². The number of aryl methyl sites for hydroxylation is 1. The molecule has 30 heavy (non-hydrogen) atoms. The Morgan fingerprint density at radius 2 is 2.00 bits per heavy atom. The summed E-state index contributed by atoms with van der Waals surface area (Å²) >= 11 is 1.26. The number of allylic oxidation sites excluding steroid dienone is 1. The third kappa shape index (κ3) is 3.69. The van der Waals surface area contributed by atoms with E-state index in [4.69, 9.17) is 0 Å². The Bertz CT molecular complexity index is 1230. The van der Waals surface area contributed by atoms with Crippen molar-refractivity contribution in [3.8, 4) is 16.4 Å². The lowest BCUT2D eigenvalue weighted by atomic mass is 9.94. The quantitative estimate of drug-likeness (QED) is 0.414. The second kappa shape index (κ2) is 8.30. The highest BCUT2D eigenvalue weighted by Crippen LogP contribution is 2.35. The molecule has 0 bridgehead atoms. The lowest BCUT2D eigenvalue weighted by molar-refractivity contribution is 0.103. The van der Waals surface area contributed by atoms with Gasteiger partial charge in [-0.3, -0.25) is 9.36 Å². The molecule has 150 valence electrons. The van der Waals surface area contributed by atoms with Crippen molar-refractivity contribution in [3.63, 3.8) is 0 Å². The number of pyridine rings is 1. The number of imidazole rings is 1. The number of hydrogen-bond donors (Lipinski definition) is 0. The highest BCUT2D eigenvalue weighted by atomic mass is 35.5. The predicted molar refractivity (Wildman–Crippen MR) is 117 cm³/mol. The molecule has 0 amide bonds. The number of nitrogens with zero attached hydrogens (tertiary/aromatic N) is 4. The van der Waals surface area contributed by atoms with Crippen LogP contribution in [0, 0.1) is 5.82 Å². The Morgan fingerprint density at radius 3 is 2.73 bits per heavy atom. The van der Waals surface area contributed by atoms with Crippen LogP contribution in [-0.4, -0.2) is 25.3 Å². The summed E-state index contributed by atoms with van der Waals surface area (Å²) in [5.41, 5.74) is 2.77. The van der Waals surface area contributed by atoms with Crippen LogP contribution in [0.4, 0.5) is 4.39 Å². The summed E-state index contributed by atoms with van der Waals surface area (Å²) in [4.78, 5) is 26.5. The zero-order valence-corrected chi connectivity index (χ0v) is 17.3. The third-order valence-electron chi connectivity index (χ3n) is 4.81. The van der Waals surface area contributed by atoms with E-state index in [1.54, 1.807) is 36.9 Å². The standard InChI is InChI=1S/C22H15FN4OS.ClH/c23-17-4-2-1-3-16(17)22-26-18-7-6-15(20(28)21(18)29-22)11-14-5-8-19(25-12-14)27-10-9-24-13-27;/h1-5,8-13H,6-7H2;1H/b15-11-;. The molecule has 1 aromatic carbocycles. The Kier molecular flexibility index (Phi) is 5.57. The van der Waals surface area contributed by atoms with E-state index >= 15 is 0 Å². The van der Waals surface area contributed by atoms with Crippen LogP contribution in [0.25, 0.3) is 22.5 Å². The van der Waals surface area contributed by atoms with Gasteiger partial charge in [-0.15, -0.1) is 23.7 Å². The maximum absolute atomic E-state index is 14.1. The third-order valence-corrected chi connectivity index (χ3v) is 5.94. The summed E-state index contributed by atoms with van der Waals surface area (Å²) in [6.07, 6.45) is 10.1. The van der Waals surface area contributed by atoms with Crippen LogP contribution in [0.15, 0.2) is 66.9 Å². The summed E-state index contributed by atoms with van der Waals surface area (Å²) in [7, 11) is 0. The van der Waals surface area contributed by atoms with Crippen LogP contribution in [0.3, 0.4) is 0 Å². The molecule has 8 heteroatoms. The van der Waals surface area contributed by atoms with Crippen molar-refractivity contribution in [1.29, 1.82) is 0 Å². The van der Waals surface area contributed by atoms with E-state index in [-0.39, 0.29) is 24.0 Å². The lowest BCUT2D eigenvalue weighted by Gasteiger charge is -2.12. The monoisotopic (exact) mass is 438 g/mol. The number of ketones is 1. The highest BCUT2D eigenvalue weighted by Gasteiger charge is 2.27. The van der Waals surface area contributed by atoms with Gasteiger partial charge >= 0.3 is 0 Å². The molecule has 0 saturated carbocycles. The smallest absolute Gasteiger partial charge is 0.200 e. The van der Waals surface area contributed by atoms with Gasteiger partial charge in [0, 0.05) is 29.7 Å². The number of hydrogen-bond acceptors (Lipinski definition) is 5. The van der Waals surface area contributed by atoms with E-state index < -0.39 is 0 Å². The maximum Gasteiger partial charge on any atom is 0.200 e. The van der Waals surface area contributed by atoms with E-state index in [1.807, 2.05) is 29.0 Å². The van der Waals surface area contributed by atoms with Crippen molar-refractivity contribution in [1.82, 2.24) is 19.5 Å². The molecule has 0 saturated heterocycles. The molecule has 0 fully saturated rings. The number of Topliss-reactive ketones (excluding diaryl/α,β-unsaturated/α-hetero) is 1. The molecule has 5 rings (SSSR count). The van der Waals surface area contributed by atoms with Crippen LogP contribution >= 0.6 is 23.7 Å². The van der Waals surface area contributed by atoms with Crippen LogP contribution < -0.4 is 0 Å². The Labute approximate surface area is 182 Å². The average molecular weight is 439 g/mol. The topological polar surface area (TPSA) is 60.7 Å². The first-order valence-corrected chi connectivity index (χ1v) is 9.95. The van der Waals surface area contributed by atoms with Gasteiger partial charge in [0.25, 0.3) is 0 Å². The normalized spacial score (nSPS) is 14.4. The summed E-state index contributed by atoms with van der Waals surface area (Å²) in [6.45, 7) is 0. The molecule has 0 radical (unpaired) electrons. The predicted octanol–water partition coefficient (Wildman–Crippen LogP) is 5.16. The van der Waals surface area contributed by atoms with Gasteiger partial charge in [-0.25, -0.2) is 19.3 Å². The minimum absolute atomic E-state index is 0. The Balaban J connectivity index is 0.00000218. The van der Waals surface area contributed by atoms with Gasteiger partial charge in [-0.1, -0.05) is 12.1 Å². The van der Waals surface area contributed by atoms with Crippen molar-refractivity contribution in [3.05, 3.63) is 88.8 Å². The molecule has 0 unspecified atom stereocenters. The van der Waals surface area contributed by atoms with Crippen molar-refractivity contribution >= 4 is 35.6 Å². The van der Waals surface area contributed by atoms with Crippen molar-refractivity contribution in [2.24, 2.45) is 0 Å². The molecule has 1 aliphatic carbocycles. The molecule has 1 aliphatic rings. The van der Waals surface area contributed by atoms with Crippen LogP contribution in [0.1, 0.15) is 27.3 Å². The molecule has 0 spiro atoms. The molecule has 0 atom stereocenters. The SMILES string of the molecule is Cl.O=C1/C(=C\c2ccc(-n3ccnc3)nc2)CCc2nc(-c3ccccc3F)sc21. The van der Waals surface area contributed by atoms with Gasteiger partial charge in [0.2, 0.25) is 5.78 Å². The molecule has 3 heterocycles. The zero-order valence-electron chi connectivity index (χ0n) is 15.7. The first-order chi connectivity index (χ1) is 14.2. The summed E-state index contributed by atoms with van der Waals surface area (Å²) < 4.78 is 15.9. The largest absolute Gasteiger partial charge is 0.291 e. The number of benzene rings is 1. The summed E-state index contributed by atoms with van der Waals surface area (Å²) in [5, 5.41) is 0.550. The van der Waals surface area contributed by atoms with E-state index in [9.17, 15) is 9.18 Å². The minimum Gasteiger partial charge on any atom is -0.291 e. The molecule has 4 aromatic rings. The first-order valence-electron chi connectivity index (χ1n) is 9.13. The van der Waals surface area contributed by atoms with Gasteiger partial charge < -0.3 is 0 Å². The van der Waals surface area contributed by atoms with Gasteiger partial charge in [-0.05, 0) is 48.7 Å². The number of halogens is 2. The number of fused-ring (bicyclic) bond motifs is 1. The molecular formula is C22H16ClFN4OS. The number of carbonyl (C=O) groups is 1. The van der Waals surface area contributed by atoms with E-state index in [2.05, 4.69) is 15.0 Å². The molecular weight excluding hydrogens is 423 g/mol. The van der Waals surface area contributed by atoms with Gasteiger partial charge in [0.05, 0.1) is 10.6 Å². The second-order valence-electron chi connectivity index (χ2n) is 6.69. The zero-order chi connectivity index (χ0) is 19.8. The number of thiazole rings is 1. The van der Waals surface area contributed by atoms with Crippen molar-refractivity contribution < 1.29 is 9.18 Å². The first kappa shape index (κ1) is 20.1.